The van der Waals surface area contributed by atoms with Gasteiger partial charge in [-0.15, -0.1) is 0 Å². The highest BCUT2D eigenvalue weighted by atomic mass is 32.2. The van der Waals surface area contributed by atoms with E-state index in [1.807, 2.05) is 42.5 Å². The van der Waals surface area contributed by atoms with E-state index < -0.39 is 5.97 Å². The van der Waals surface area contributed by atoms with Crippen molar-refractivity contribution in [2.45, 2.75) is 29.6 Å². The fraction of sp³-hybridized carbons (Fsp3) is 0.188. The molecule has 0 aliphatic rings. The Balaban J connectivity index is 2.23. The van der Waals surface area contributed by atoms with Gasteiger partial charge in [-0.3, -0.25) is 4.79 Å². The lowest BCUT2D eigenvalue weighted by molar-refractivity contribution is -0.136. The molecular formula is C16H17NO2S. The lowest BCUT2D eigenvalue weighted by Crippen LogP contribution is -2.01. The first-order valence-corrected chi connectivity index (χ1v) is 7.27. The van der Waals surface area contributed by atoms with Crippen molar-refractivity contribution in [2.24, 2.45) is 0 Å². The summed E-state index contributed by atoms with van der Waals surface area (Å²) in [6.45, 7) is 2.08. The minimum absolute atomic E-state index is 0.0693. The number of carboxylic acids is 1. The molecule has 0 spiro atoms. The molecule has 0 radical (unpaired) electrons. The van der Waals surface area contributed by atoms with E-state index in [4.69, 9.17) is 10.8 Å². The number of hydrogen-bond donors (Lipinski definition) is 2. The number of nitrogen functional groups attached to an aromatic ring is 1. The van der Waals surface area contributed by atoms with Crippen LogP contribution in [0.5, 0.6) is 0 Å². The van der Waals surface area contributed by atoms with Crippen molar-refractivity contribution in [3.8, 4) is 0 Å². The molecule has 2 rings (SSSR count). The number of benzene rings is 2. The van der Waals surface area contributed by atoms with Crippen LogP contribution in [0.4, 0.5) is 5.69 Å². The number of aryl methyl sites for hydroxylation is 1. The van der Waals surface area contributed by atoms with Crippen molar-refractivity contribution in [1.29, 1.82) is 0 Å². The fourth-order valence-electron chi connectivity index (χ4n) is 1.96. The molecule has 0 aliphatic carbocycles. The van der Waals surface area contributed by atoms with E-state index in [0.29, 0.717) is 0 Å². The molecule has 3 N–H and O–H groups in total. The minimum atomic E-state index is -0.800. The Morgan fingerprint density at radius 3 is 2.50 bits per heavy atom. The Kier molecular flexibility index (Phi) is 4.69. The van der Waals surface area contributed by atoms with Crippen molar-refractivity contribution in [1.82, 2.24) is 0 Å². The lowest BCUT2D eigenvalue weighted by atomic mass is 10.1. The largest absolute Gasteiger partial charge is 0.481 e. The van der Waals surface area contributed by atoms with Gasteiger partial charge >= 0.3 is 5.97 Å². The summed E-state index contributed by atoms with van der Waals surface area (Å²) in [7, 11) is 0. The number of rotatable bonds is 5. The van der Waals surface area contributed by atoms with Crippen LogP contribution in [-0.2, 0) is 17.6 Å². The molecule has 104 valence electrons. The molecule has 0 saturated heterocycles. The fourth-order valence-corrected chi connectivity index (χ4v) is 2.95. The highest BCUT2D eigenvalue weighted by molar-refractivity contribution is 7.99. The number of carbonyl (C=O) groups is 1. The van der Waals surface area contributed by atoms with Crippen LogP contribution in [-0.4, -0.2) is 11.1 Å². The minimum Gasteiger partial charge on any atom is -0.481 e. The first-order chi connectivity index (χ1) is 9.58. The van der Waals surface area contributed by atoms with Gasteiger partial charge in [-0.2, -0.15) is 0 Å². The van der Waals surface area contributed by atoms with Gasteiger partial charge in [-0.05, 0) is 47.9 Å². The average molecular weight is 287 g/mol. The summed E-state index contributed by atoms with van der Waals surface area (Å²) in [5.41, 5.74) is 8.44. The van der Waals surface area contributed by atoms with Crippen molar-refractivity contribution in [3.63, 3.8) is 0 Å². The number of hydrogen-bond acceptors (Lipinski definition) is 3. The summed E-state index contributed by atoms with van der Waals surface area (Å²) in [5, 5.41) is 8.84. The van der Waals surface area contributed by atoms with Gasteiger partial charge in [0.05, 0.1) is 6.42 Å². The van der Waals surface area contributed by atoms with Crippen LogP contribution in [0, 0.1) is 0 Å². The van der Waals surface area contributed by atoms with Crippen LogP contribution in [0.1, 0.15) is 18.1 Å². The van der Waals surface area contributed by atoms with E-state index in [1.165, 1.54) is 5.56 Å². The molecule has 0 aromatic heterocycles. The Bertz CT molecular complexity index is 608. The van der Waals surface area contributed by atoms with Gasteiger partial charge in [0.15, 0.2) is 0 Å². The molecule has 0 saturated carbocycles. The molecule has 2 aromatic carbocycles. The van der Waals surface area contributed by atoms with E-state index in [-0.39, 0.29) is 6.42 Å². The van der Waals surface area contributed by atoms with E-state index in [2.05, 4.69) is 6.92 Å². The zero-order chi connectivity index (χ0) is 14.5. The monoisotopic (exact) mass is 287 g/mol. The lowest BCUT2D eigenvalue weighted by Gasteiger charge is -2.09. The number of aliphatic carboxylic acids is 1. The van der Waals surface area contributed by atoms with Crippen LogP contribution in [0.15, 0.2) is 52.3 Å². The van der Waals surface area contributed by atoms with E-state index in [9.17, 15) is 4.79 Å². The van der Waals surface area contributed by atoms with Gasteiger partial charge in [0.1, 0.15) is 0 Å². The standard InChI is InChI=1S/C16H17NO2S/c1-2-12-9-11(10-16(18)19)3-8-15(12)20-14-6-4-13(17)5-7-14/h3-9H,2,10,17H2,1H3,(H,18,19). The van der Waals surface area contributed by atoms with Gasteiger partial charge in [-0.25, -0.2) is 0 Å². The highest BCUT2D eigenvalue weighted by Crippen LogP contribution is 2.31. The van der Waals surface area contributed by atoms with Crippen LogP contribution in [0.2, 0.25) is 0 Å². The summed E-state index contributed by atoms with van der Waals surface area (Å²) in [6.07, 6.45) is 0.949. The molecule has 0 bridgehead atoms. The molecule has 0 fully saturated rings. The van der Waals surface area contributed by atoms with Gasteiger partial charge < -0.3 is 10.8 Å². The Morgan fingerprint density at radius 2 is 1.90 bits per heavy atom. The number of anilines is 1. The van der Waals surface area contributed by atoms with Crippen LogP contribution in [0.3, 0.4) is 0 Å². The SMILES string of the molecule is CCc1cc(CC(=O)O)ccc1Sc1ccc(N)cc1. The molecule has 0 heterocycles. The maximum atomic E-state index is 10.8. The summed E-state index contributed by atoms with van der Waals surface area (Å²) in [5.74, 6) is -0.800. The molecule has 4 heteroatoms. The Morgan fingerprint density at radius 1 is 1.20 bits per heavy atom. The molecule has 0 amide bonds. The predicted molar refractivity (Wildman–Crippen MR) is 82.1 cm³/mol. The zero-order valence-electron chi connectivity index (χ0n) is 11.3. The molecule has 3 nitrogen and oxygen atoms in total. The third-order valence-corrected chi connectivity index (χ3v) is 4.10. The molecule has 0 atom stereocenters. The van der Waals surface area contributed by atoms with Gasteiger partial charge in [0.25, 0.3) is 0 Å². The van der Waals surface area contributed by atoms with Crippen LogP contribution in [0.25, 0.3) is 0 Å². The summed E-state index contributed by atoms with van der Waals surface area (Å²) in [4.78, 5) is 13.0. The smallest absolute Gasteiger partial charge is 0.307 e. The number of nitrogens with two attached hydrogens (primary N) is 1. The molecule has 20 heavy (non-hydrogen) atoms. The van der Waals surface area contributed by atoms with Crippen molar-refractivity contribution in [2.75, 3.05) is 5.73 Å². The Hall–Kier alpha value is -1.94. The third-order valence-electron chi connectivity index (χ3n) is 2.97. The second kappa shape index (κ2) is 6.48. The van der Waals surface area contributed by atoms with Crippen molar-refractivity contribution < 1.29 is 9.90 Å². The highest BCUT2D eigenvalue weighted by Gasteiger charge is 2.07. The van der Waals surface area contributed by atoms with Crippen molar-refractivity contribution in [3.05, 3.63) is 53.6 Å². The summed E-state index contributed by atoms with van der Waals surface area (Å²) >= 11 is 1.67. The second-order valence-electron chi connectivity index (χ2n) is 4.54. The maximum absolute atomic E-state index is 10.8. The first-order valence-electron chi connectivity index (χ1n) is 6.45. The quantitative estimate of drug-likeness (QED) is 0.825. The summed E-state index contributed by atoms with van der Waals surface area (Å²) in [6, 6.07) is 13.6. The molecule has 0 unspecified atom stereocenters. The van der Waals surface area contributed by atoms with E-state index >= 15 is 0 Å². The van der Waals surface area contributed by atoms with E-state index in [0.717, 1.165) is 27.5 Å². The zero-order valence-corrected chi connectivity index (χ0v) is 12.1. The van der Waals surface area contributed by atoms with Crippen LogP contribution < -0.4 is 5.73 Å². The average Bonchev–Trinajstić information content (AvgIpc) is 2.42. The second-order valence-corrected chi connectivity index (χ2v) is 5.65. The normalized spacial score (nSPS) is 10.4. The Labute approximate surface area is 122 Å². The molecule has 2 aromatic rings. The predicted octanol–water partition coefficient (Wildman–Crippen LogP) is 3.61. The van der Waals surface area contributed by atoms with Crippen LogP contribution >= 0.6 is 11.8 Å². The first kappa shape index (κ1) is 14.5. The maximum Gasteiger partial charge on any atom is 0.307 e. The topological polar surface area (TPSA) is 63.3 Å². The van der Waals surface area contributed by atoms with Gasteiger partial charge in [-0.1, -0.05) is 30.8 Å². The molecule has 0 aliphatic heterocycles. The van der Waals surface area contributed by atoms with E-state index in [1.54, 1.807) is 11.8 Å². The van der Waals surface area contributed by atoms with Gasteiger partial charge in [0, 0.05) is 15.5 Å². The van der Waals surface area contributed by atoms with Crippen molar-refractivity contribution >= 4 is 23.4 Å². The third kappa shape index (κ3) is 3.78. The summed E-state index contributed by atoms with van der Waals surface area (Å²) < 4.78 is 0. The number of carboxylic acid groups (broad SMARTS) is 1. The van der Waals surface area contributed by atoms with Gasteiger partial charge in [0.2, 0.25) is 0 Å². The molecular weight excluding hydrogens is 270 g/mol.